The smallest absolute Gasteiger partial charge is 0.317 e. The van der Waals surface area contributed by atoms with E-state index in [1.165, 1.54) is 18.9 Å². The number of halogens is 1. The van der Waals surface area contributed by atoms with E-state index in [2.05, 4.69) is 10.6 Å². The van der Waals surface area contributed by atoms with Crippen LogP contribution >= 0.6 is 0 Å². The van der Waals surface area contributed by atoms with Gasteiger partial charge >= 0.3 is 6.03 Å². The lowest BCUT2D eigenvalue weighted by atomic mass is 9.83. The summed E-state index contributed by atoms with van der Waals surface area (Å²) < 4.78 is 13.6. The van der Waals surface area contributed by atoms with Gasteiger partial charge in [0, 0.05) is 32.1 Å². The maximum absolute atomic E-state index is 13.6. The fraction of sp³-hybridized carbons (Fsp3) is 0.600. The maximum atomic E-state index is 13.6. The van der Waals surface area contributed by atoms with E-state index in [0.717, 1.165) is 12.1 Å². The van der Waals surface area contributed by atoms with Gasteiger partial charge in [0.15, 0.2) is 0 Å². The van der Waals surface area contributed by atoms with Gasteiger partial charge in [-0.05, 0) is 56.2 Å². The molecule has 2 aliphatic rings. The summed E-state index contributed by atoms with van der Waals surface area (Å²) in [6.07, 6.45) is 3.05. The minimum atomic E-state index is -0.236. The summed E-state index contributed by atoms with van der Waals surface area (Å²) in [5.74, 6) is 0.207. The maximum Gasteiger partial charge on any atom is 0.317 e. The van der Waals surface area contributed by atoms with Crippen LogP contribution in [0.3, 0.4) is 0 Å². The predicted molar refractivity (Wildman–Crippen MR) is 98.4 cm³/mol. The Balaban J connectivity index is 1.74. The lowest BCUT2D eigenvalue weighted by Crippen LogP contribution is -2.51. The number of amides is 3. The zero-order valence-electron chi connectivity index (χ0n) is 15.6. The standard InChI is InChI=1S/C20H28FN3O2/c1-3-22-20(26)24-11-16(15-6-7-18(21)13(2)8-15)9-17(12-24)19(25)23-10-14-4-5-14/h6-8,14,16-17H,3-5,9-12H2,1-2H3,(H,22,26)(H,23,25)/t16-,17+/m1/s1. The highest BCUT2D eigenvalue weighted by Crippen LogP contribution is 2.32. The van der Waals surface area contributed by atoms with E-state index < -0.39 is 0 Å². The van der Waals surface area contributed by atoms with Crippen molar-refractivity contribution in [2.45, 2.75) is 39.0 Å². The summed E-state index contributed by atoms with van der Waals surface area (Å²) in [7, 11) is 0. The van der Waals surface area contributed by atoms with Crippen molar-refractivity contribution < 1.29 is 14.0 Å². The molecule has 2 atom stereocenters. The van der Waals surface area contributed by atoms with Crippen molar-refractivity contribution >= 4 is 11.9 Å². The predicted octanol–water partition coefficient (Wildman–Crippen LogP) is 2.80. The fourth-order valence-corrected chi connectivity index (χ4v) is 3.59. The molecule has 1 saturated heterocycles. The Morgan fingerprint density at radius 2 is 2.00 bits per heavy atom. The molecular formula is C20H28FN3O2. The number of hydrogen-bond acceptors (Lipinski definition) is 2. The summed E-state index contributed by atoms with van der Waals surface area (Å²) in [5.41, 5.74) is 1.57. The molecule has 2 fully saturated rings. The van der Waals surface area contributed by atoms with Gasteiger partial charge in [-0.3, -0.25) is 4.79 Å². The Bertz CT molecular complexity index is 675. The van der Waals surface area contributed by atoms with Crippen molar-refractivity contribution in [3.8, 4) is 0 Å². The second-order valence-corrected chi connectivity index (χ2v) is 7.57. The van der Waals surface area contributed by atoms with E-state index in [-0.39, 0.29) is 29.6 Å². The van der Waals surface area contributed by atoms with Crippen LogP contribution in [0.5, 0.6) is 0 Å². The van der Waals surface area contributed by atoms with E-state index >= 15 is 0 Å². The normalized spacial score (nSPS) is 22.8. The molecule has 0 spiro atoms. The van der Waals surface area contributed by atoms with Crippen LogP contribution in [0.15, 0.2) is 18.2 Å². The third-order valence-electron chi connectivity index (χ3n) is 5.35. The lowest BCUT2D eigenvalue weighted by molar-refractivity contribution is -0.126. The first-order chi connectivity index (χ1) is 12.5. The average Bonchev–Trinajstić information content (AvgIpc) is 3.46. The molecule has 0 bridgehead atoms. The van der Waals surface area contributed by atoms with Gasteiger partial charge in [0.1, 0.15) is 5.82 Å². The van der Waals surface area contributed by atoms with Gasteiger partial charge in [-0.1, -0.05) is 12.1 Å². The van der Waals surface area contributed by atoms with Crippen LogP contribution in [-0.2, 0) is 4.79 Å². The van der Waals surface area contributed by atoms with Gasteiger partial charge in [0.25, 0.3) is 0 Å². The Labute approximate surface area is 154 Å². The second-order valence-electron chi connectivity index (χ2n) is 7.57. The van der Waals surface area contributed by atoms with Crippen LogP contribution < -0.4 is 10.6 Å². The summed E-state index contributed by atoms with van der Waals surface area (Å²) in [5, 5.41) is 5.86. The summed E-state index contributed by atoms with van der Waals surface area (Å²) in [4.78, 5) is 26.7. The molecule has 1 aliphatic heterocycles. The molecular weight excluding hydrogens is 333 g/mol. The van der Waals surface area contributed by atoms with Crippen LogP contribution in [0.1, 0.15) is 43.2 Å². The van der Waals surface area contributed by atoms with Crippen molar-refractivity contribution in [3.63, 3.8) is 0 Å². The molecule has 1 aromatic rings. The first kappa shape index (κ1) is 18.7. The quantitative estimate of drug-likeness (QED) is 0.847. The highest BCUT2D eigenvalue weighted by molar-refractivity contribution is 5.81. The highest BCUT2D eigenvalue weighted by atomic mass is 19.1. The number of hydrogen-bond donors (Lipinski definition) is 2. The second kappa shape index (κ2) is 8.06. The van der Waals surface area contributed by atoms with Crippen LogP contribution in [0, 0.1) is 24.6 Å². The highest BCUT2D eigenvalue weighted by Gasteiger charge is 2.35. The molecule has 26 heavy (non-hydrogen) atoms. The molecule has 0 radical (unpaired) electrons. The van der Waals surface area contributed by atoms with E-state index in [9.17, 15) is 14.0 Å². The molecule has 1 saturated carbocycles. The molecule has 2 N–H and O–H groups in total. The van der Waals surface area contributed by atoms with Crippen molar-refractivity contribution in [1.82, 2.24) is 15.5 Å². The molecule has 1 heterocycles. The monoisotopic (exact) mass is 361 g/mol. The Morgan fingerprint density at radius 1 is 1.23 bits per heavy atom. The zero-order chi connectivity index (χ0) is 18.7. The molecule has 0 unspecified atom stereocenters. The third kappa shape index (κ3) is 4.54. The topological polar surface area (TPSA) is 61.4 Å². The van der Waals surface area contributed by atoms with Gasteiger partial charge in [-0.2, -0.15) is 0 Å². The van der Waals surface area contributed by atoms with Gasteiger partial charge in [0.05, 0.1) is 5.92 Å². The van der Waals surface area contributed by atoms with E-state index in [1.807, 2.05) is 13.0 Å². The van der Waals surface area contributed by atoms with Crippen molar-refractivity contribution in [2.24, 2.45) is 11.8 Å². The van der Waals surface area contributed by atoms with Gasteiger partial charge in [-0.15, -0.1) is 0 Å². The number of benzene rings is 1. The third-order valence-corrected chi connectivity index (χ3v) is 5.35. The van der Waals surface area contributed by atoms with Gasteiger partial charge < -0.3 is 15.5 Å². The van der Waals surface area contributed by atoms with Gasteiger partial charge in [0.2, 0.25) is 5.91 Å². The number of rotatable bonds is 5. The molecule has 3 rings (SSSR count). The first-order valence-corrected chi connectivity index (χ1v) is 9.54. The average molecular weight is 361 g/mol. The molecule has 5 nitrogen and oxygen atoms in total. The first-order valence-electron chi connectivity index (χ1n) is 9.54. The minimum absolute atomic E-state index is 0.0229. The summed E-state index contributed by atoms with van der Waals surface area (Å²) in [6, 6.07) is 4.93. The van der Waals surface area contributed by atoms with Crippen molar-refractivity contribution in [1.29, 1.82) is 0 Å². The number of carbonyl (C=O) groups is 2. The molecule has 1 aromatic carbocycles. The Kier molecular flexibility index (Phi) is 5.79. The summed E-state index contributed by atoms with van der Waals surface area (Å²) >= 11 is 0. The van der Waals surface area contributed by atoms with Crippen molar-refractivity contribution in [2.75, 3.05) is 26.2 Å². The fourth-order valence-electron chi connectivity index (χ4n) is 3.59. The van der Waals surface area contributed by atoms with Crippen LogP contribution in [0.2, 0.25) is 0 Å². The van der Waals surface area contributed by atoms with Gasteiger partial charge in [-0.25, -0.2) is 9.18 Å². The largest absolute Gasteiger partial charge is 0.356 e. The van der Waals surface area contributed by atoms with Crippen LogP contribution in [-0.4, -0.2) is 43.0 Å². The van der Waals surface area contributed by atoms with E-state index in [1.54, 1.807) is 17.9 Å². The number of nitrogens with zero attached hydrogens (tertiary/aromatic N) is 1. The molecule has 3 amide bonds. The number of nitrogens with one attached hydrogen (secondary N) is 2. The summed E-state index contributed by atoms with van der Waals surface area (Å²) in [6.45, 7) is 5.87. The molecule has 142 valence electrons. The van der Waals surface area contributed by atoms with E-state index in [4.69, 9.17) is 0 Å². The number of aryl methyl sites for hydroxylation is 1. The number of carbonyl (C=O) groups excluding carboxylic acids is 2. The van der Waals surface area contributed by atoms with Crippen LogP contribution in [0.4, 0.5) is 9.18 Å². The van der Waals surface area contributed by atoms with Crippen LogP contribution in [0.25, 0.3) is 0 Å². The number of piperidine rings is 1. The van der Waals surface area contributed by atoms with Crippen molar-refractivity contribution in [3.05, 3.63) is 35.1 Å². The Hall–Kier alpha value is -2.11. The van der Waals surface area contributed by atoms with E-state index in [0.29, 0.717) is 37.5 Å². The zero-order valence-corrected chi connectivity index (χ0v) is 15.6. The number of urea groups is 1. The molecule has 6 heteroatoms. The minimum Gasteiger partial charge on any atom is -0.356 e. The Morgan fingerprint density at radius 3 is 2.65 bits per heavy atom. The SMILES string of the molecule is CCNC(=O)N1C[C@@H](C(=O)NCC2CC2)C[C@@H](c2ccc(F)c(C)c2)C1. The molecule has 0 aromatic heterocycles. The molecule has 1 aliphatic carbocycles. The number of likely N-dealkylation sites (tertiary alicyclic amines) is 1. The lowest BCUT2D eigenvalue weighted by Gasteiger charge is -2.37.